The lowest BCUT2D eigenvalue weighted by molar-refractivity contribution is 0.0951. The van der Waals surface area contributed by atoms with Gasteiger partial charge in [0.2, 0.25) is 0 Å². The number of ether oxygens (including phenoxy) is 2. The van der Waals surface area contributed by atoms with Gasteiger partial charge in [-0.3, -0.25) is 4.79 Å². The average Bonchev–Trinajstić information content (AvgIpc) is 3.02. The number of hydrogen-bond donors (Lipinski definition) is 1. The van der Waals surface area contributed by atoms with Gasteiger partial charge in [0.05, 0.1) is 18.1 Å². The van der Waals surface area contributed by atoms with Gasteiger partial charge >= 0.3 is 0 Å². The number of nitrogens with one attached hydrogen (secondary N) is 1. The van der Waals surface area contributed by atoms with Crippen molar-refractivity contribution in [1.29, 1.82) is 0 Å². The van der Waals surface area contributed by atoms with E-state index in [2.05, 4.69) is 5.32 Å². The molecular weight excluding hydrogens is 353 g/mol. The largest absolute Gasteiger partial charge is 0.494 e. The number of halogens is 1. The summed E-state index contributed by atoms with van der Waals surface area (Å²) < 4.78 is 25.7. The first-order chi connectivity index (χ1) is 12.7. The zero-order valence-electron chi connectivity index (χ0n) is 14.5. The molecule has 0 spiro atoms. The molecule has 1 aromatic heterocycles. The number of carbonyl (C=O) groups is 1. The van der Waals surface area contributed by atoms with E-state index >= 15 is 0 Å². The Morgan fingerprint density at radius 2 is 1.96 bits per heavy atom. The third-order valence-corrected chi connectivity index (χ3v) is 5.07. The lowest BCUT2D eigenvalue weighted by Crippen LogP contribution is -2.25. The maximum Gasteiger partial charge on any atom is 0.261 e. The summed E-state index contributed by atoms with van der Waals surface area (Å²) in [5.41, 5.74) is 0.601. The molecule has 0 radical (unpaired) electrons. The average molecular weight is 373 g/mol. The highest BCUT2D eigenvalue weighted by molar-refractivity contribution is 7.21. The monoisotopic (exact) mass is 373 g/mol. The van der Waals surface area contributed by atoms with Crippen LogP contribution in [-0.2, 0) is 11.3 Å². The molecule has 136 valence electrons. The molecule has 0 saturated heterocycles. The Kier molecular flexibility index (Phi) is 6.20. The van der Waals surface area contributed by atoms with Crippen molar-refractivity contribution in [3.8, 4) is 5.75 Å². The number of para-hydroxylation sites is 1. The number of amides is 1. The SMILES string of the molecule is COCc1c(C(=O)NCCCOc2ccccc2)sc2cccc(F)c12. The van der Waals surface area contributed by atoms with Gasteiger partial charge in [-0.15, -0.1) is 11.3 Å². The van der Waals surface area contributed by atoms with Crippen LogP contribution in [0.4, 0.5) is 4.39 Å². The summed E-state index contributed by atoms with van der Waals surface area (Å²) in [5.74, 6) is 0.264. The van der Waals surface area contributed by atoms with Crippen molar-refractivity contribution in [1.82, 2.24) is 5.32 Å². The Bertz CT molecular complexity index is 879. The third-order valence-electron chi connectivity index (χ3n) is 3.88. The Balaban J connectivity index is 1.61. The van der Waals surface area contributed by atoms with E-state index in [9.17, 15) is 9.18 Å². The van der Waals surface area contributed by atoms with E-state index in [1.807, 2.05) is 36.4 Å². The fourth-order valence-electron chi connectivity index (χ4n) is 2.69. The summed E-state index contributed by atoms with van der Waals surface area (Å²) in [4.78, 5) is 13.0. The van der Waals surface area contributed by atoms with Gasteiger partial charge in [0.1, 0.15) is 11.6 Å². The Hall–Kier alpha value is -2.44. The number of methoxy groups -OCH3 is 1. The number of carbonyl (C=O) groups excluding carboxylic acids is 1. The Morgan fingerprint density at radius 1 is 1.15 bits per heavy atom. The summed E-state index contributed by atoms with van der Waals surface area (Å²) in [5, 5.41) is 3.35. The van der Waals surface area contributed by atoms with Crippen LogP contribution in [0.5, 0.6) is 5.75 Å². The summed E-state index contributed by atoms with van der Waals surface area (Å²) in [7, 11) is 1.53. The summed E-state index contributed by atoms with van der Waals surface area (Å²) in [6.45, 7) is 1.19. The first-order valence-corrected chi connectivity index (χ1v) is 9.17. The molecule has 0 atom stereocenters. The van der Waals surface area contributed by atoms with Crippen molar-refractivity contribution in [2.75, 3.05) is 20.3 Å². The van der Waals surface area contributed by atoms with Crippen molar-refractivity contribution in [3.05, 3.63) is 64.8 Å². The number of hydrogen-bond acceptors (Lipinski definition) is 4. The summed E-state index contributed by atoms with van der Waals surface area (Å²) in [6.07, 6.45) is 0.680. The number of thiophene rings is 1. The van der Waals surface area contributed by atoms with Crippen LogP contribution in [0.15, 0.2) is 48.5 Å². The summed E-state index contributed by atoms with van der Waals surface area (Å²) in [6, 6.07) is 14.4. The lowest BCUT2D eigenvalue weighted by Gasteiger charge is -2.08. The second kappa shape index (κ2) is 8.78. The molecule has 4 nitrogen and oxygen atoms in total. The van der Waals surface area contributed by atoms with Gasteiger partial charge in [0.15, 0.2) is 0 Å². The molecule has 0 bridgehead atoms. The quantitative estimate of drug-likeness (QED) is 0.596. The fourth-order valence-corrected chi connectivity index (χ4v) is 3.83. The molecule has 0 unspecified atom stereocenters. The maximum atomic E-state index is 14.2. The van der Waals surface area contributed by atoms with Gasteiger partial charge in [-0.05, 0) is 30.7 Å². The molecule has 26 heavy (non-hydrogen) atoms. The number of benzene rings is 2. The molecule has 1 heterocycles. The first kappa shape index (κ1) is 18.4. The predicted octanol–water partition coefficient (Wildman–Crippen LogP) is 4.39. The predicted molar refractivity (Wildman–Crippen MR) is 101 cm³/mol. The van der Waals surface area contributed by atoms with E-state index in [1.165, 1.54) is 24.5 Å². The van der Waals surface area contributed by atoms with Crippen LogP contribution in [0.3, 0.4) is 0 Å². The van der Waals surface area contributed by atoms with E-state index in [-0.39, 0.29) is 18.3 Å². The molecule has 1 amide bonds. The van der Waals surface area contributed by atoms with Crippen LogP contribution in [0.25, 0.3) is 10.1 Å². The van der Waals surface area contributed by atoms with E-state index in [4.69, 9.17) is 9.47 Å². The first-order valence-electron chi connectivity index (χ1n) is 8.35. The van der Waals surface area contributed by atoms with Gasteiger partial charge < -0.3 is 14.8 Å². The molecular formula is C20H20FNO3S. The van der Waals surface area contributed by atoms with Crippen molar-refractivity contribution in [3.63, 3.8) is 0 Å². The van der Waals surface area contributed by atoms with Crippen LogP contribution < -0.4 is 10.1 Å². The highest BCUT2D eigenvalue weighted by atomic mass is 32.1. The molecule has 1 N–H and O–H groups in total. The smallest absolute Gasteiger partial charge is 0.261 e. The minimum Gasteiger partial charge on any atom is -0.494 e. The maximum absolute atomic E-state index is 14.2. The summed E-state index contributed by atoms with van der Waals surface area (Å²) >= 11 is 1.28. The van der Waals surface area contributed by atoms with Crippen LogP contribution >= 0.6 is 11.3 Å². The highest BCUT2D eigenvalue weighted by Gasteiger charge is 2.20. The van der Waals surface area contributed by atoms with Gasteiger partial charge in [0, 0.05) is 29.3 Å². The van der Waals surface area contributed by atoms with E-state index in [1.54, 1.807) is 6.07 Å². The Labute approximate surface area is 155 Å². The van der Waals surface area contributed by atoms with Gasteiger partial charge in [-0.2, -0.15) is 0 Å². The van der Waals surface area contributed by atoms with Gasteiger partial charge in [-0.25, -0.2) is 4.39 Å². The van der Waals surface area contributed by atoms with Gasteiger partial charge in [0.25, 0.3) is 5.91 Å². The van der Waals surface area contributed by atoms with Crippen molar-refractivity contribution in [2.24, 2.45) is 0 Å². The molecule has 0 saturated carbocycles. The topological polar surface area (TPSA) is 47.6 Å². The van der Waals surface area contributed by atoms with E-state index in [0.29, 0.717) is 35.4 Å². The second-order valence-electron chi connectivity index (χ2n) is 5.73. The van der Waals surface area contributed by atoms with Crippen molar-refractivity contribution in [2.45, 2.75) is 13.0 Å². The second-order valence-corrected chi connectivity index (χ2v) is 6.78. The molecule has 3 rings (SSSR count). The Morgan fingerprint density at radius 3 is 2.73 bits per heavy atom. The minimum atomic E-state index is -0.332. The standard InChI is InChI=1S/C20H20FNO3S/c1-24-13-15-18-16(21)9-5-10-17(18)26-19(15)20(23)22-11-6-12-25-14-7-3-2-4-8-14/h2-5,7-10H,6,11-13H2,1H3,(H,22,23). The van der Waals surface area contributed by atoms with Crippen molar-refractivity contribution >= 4 is 27.3 Å². The highest BCUT2D eigenvalue weighted by Crippen LogP contribution is 2.33. The molecule has 3 aromatic rings. The minimum absolute atomic E-state index is 0.195. The molecule has 2 aromatic carbocycles. The zero-order valence-corrected chi connectivity index (χ0v) is 15.3. The van der Waals surface area contributed by atoms with Crippen LogP contribution in [0, 0.1) is 5.82 Å². The fraction of sp³-hybridized carbons (Fsp3) is 0.250. The lowest BCUT2D eigenvalue weighted by atomic mass is 10.1. The van der Waals surface area contributed by atoms with Crippen molar-refractivity contribution < 1.29 is 18.7 Å². The molecule has 0 aliphatic carbocycles. The number of rotatable bonds is 8. The third kappa shape index (κ3) is 4.20. The molecule has 0 aliphatic rings. The van der Waals surface area contributed by atoms with Crippen LogP contribution in [0.1, 0.15) is 21.7 Å². The molecule has 0 fully saturated rings. The normalized spacial score (nSPS) is 10.8. The molecule has 0 aliphatic heterocycles. The van der Waals surface area contributed by atoms with E-state index in [0.717, 1.165) is 10.4 Å². The van der Waals surface area contributed by atoms with Crippen LogP contribution in [0.2, 0.25) is 0 Å². The molecule has 6 heteroatoms. The van der Waals surface area contributed by atoms with Crippen LogP contribution in [-0.4, -0.2) is 26.2 Å². The zero-order chi connectivity index (χ0) is 18.4. The van der Waals surface area contributed by atoms with E-state index < -0.39 is 0 Å². The van der Waals surface area contributed by atoms with Gasteiger partial charge in [-0.1, -0.05) is 24.3 Å². The number of fused-ring (bicyclic) bond motifs is 1.